The fourth-order valence-corrected chi connectivity index (χ4v) is 3.32. The lowest BCUT2D eigenvalue weighted by molar-refractivity contribution is 0.148. The zero-order valence-corrected chi connectivity index (χ0v) is 15.7. The molecule has 0 atom stereocenters. The van der Waals surface area contributed by atoms with Crippen molar-refractivity contribution in [3.05, 3.63) is 64.7 Å². The first-order valence-electron chi connectivity index (χ1n) is 9.15. The third-order valence-electron chi connectivity index (χ3n) is 5.07. The maximum atomic E-state index is 3.34. The molecule has 0 saturated carbocycles. The topological polar surface area (TPSA) is 30.5 Å². The summed E-state index contributed by atoms with van der Waals surface area (Å²) in [6.07, 6.45) is 0. The van der Waals surface area contributed by atoms with Crippen LogP contribution in [0.25, 0.3) is 0 Å². The second-order valence-corrected chi connectivity index (χ2v) is 7.13. The highest BCUT2D eigenvalue weighted by Crippen LogP contribution is 2.19. The van der Waals surface area contributed by atoms with Gasteiger partial charge in [0.1, 0.15) is 0 Å². The van der Waals surface area contributed by atoms with Gasteiger partial charge in [0.15, 0.2) is 0 Å². The number of hydrogen-bond acceptors (Lipinski definition) is 4. The molecule has 1 aliphatic rings. The van der Waals surface area contributed by atoms with Crippen molar-refractivity contribution >= 4 is 5.69 Å². The van der Waals surface area contributed by atoms with Crippen molar-refractivity contribution in [3.8, 4) is 0 Å². The van der Waals surface area contributed by atoms with Gasteiger partial charge in [0.05, 0.1) is 0 Å². The molecule has 3 rings (SSSR count). The Balaban J connectivity index is 1.61. The van der Waals surface area contributed by atoms with Crippen LogP contribution in [0.15, 0.2) is 42.5 Å². The van der Waals surface area contributed by atoms with Gasteiger partial charge in [-0.15, -0.1) is 0 Å². The zero-order chi connectivity index (χ0) is 17.6. The number of hydrogen-bond donors (Lipinski definition) is 2. The molecule has 0 bridgehead atoms. The largest absolute Gasteiger partial charge is 0.321 e. The molecule has 0 aromatic heterocycles. The molecule has 2 aromatic carbocycles. The number of hydrazine groups is 1. The number of para-hydroxylation sites is 1. The Morgan fingerprint density at radius 3 is 2.28 bits per heavy atom. The summed E-state index contributed by atoms with van der Waals surface area (Å²) in [4.78, 5) is 4.97. The highest BCUT2D eigenvalue weighted by molar-refractivity contribution is 5.42. The van der Waals surface area contributed by atoms with Crippen molar-refractivity contribution in [2.24, 2.45) is 0 Å². The average molecular weight is 338 g/mol. The summed E-state index contributed by atoms with van der Waals surface area (Å²) >= 11 is 0. The van der Waals surface area contributed by atoms with Gasteiger partial charge in [0.25, 0.3) is 0 Å². The lowest BCUT2D eigenvalue weighted by atomic mass is 9.99. The van der Waals surface area contributed by atoms with E-state index in [2.05, 4.69) is 65.8 Å². The second-order valence-electron chi connectivity index (χ2n) is 7.13. The molecular formula is C21H30N4. The maximum Gasteiger partial charge on any atom is 0.0487 e. The van der Waals surface area contributed by atoms with E-state index in [0.717, 1.165) is 31.9 Å². The Kier molecular flexibility index (Phi) is 6.08. The minimum atomic E-state index is 0.816. The Morgan fingerprint density at radius 2 is 1.56 bits per heavy atom. The quantitative estimate of drug-likeness (QED) is 0.792. The average Bonchev–Trinajstić information content (AvgIpc) is 2.61. The molecule has 134 valence electrons. The SMILES string of the molecule is Cc1cc(C)c(CN2CCN(C)CC2)cc1CNNc1ccccc1. The van der Waals surface area contributed by atoms with Crippen LogP contribution in [-0.4, -0.2) is 43.0 Å². The van der Waals surface area contributed by atoms with Crippen LogP contribution >= 0.6 is 0 Å². The van der Waals surface area contributed by atoms with Crippen molar-refractivity contribution in [2.45, 2.75) is 26.9 Å². The van der Waals surface area contributed by atoms with E-state index in [4.69, 9.17) is 0 Å². The van der Waals surface area contributed by atoms with Crippen molar-refractivity contribution < 1.29 is 0 Å². The molecule has 1 saturated heterocycles. The zero-order valence-electron chi connectivity index (χ0n) is 15.7. The van der Waals surface area contributed by atoms with Crippen LogP contribution in [0.2, 0.25) is 0 Å². The standard InChI is InChI=1S/C21H30N4/c1-17-13-18(2)20(16-25-11-9-24(3)10-12-25)14-19(17)15-22-23-21-7-5-4-6-8-21/h4-8,13-14,22-23H,9-12,15-16H2,1-3H3. The molecule has 2 N–H and O–H groups in total. The number of rotatable bonds is 6. The molecule has 1 fully saturated rings. The number of piperazine rings is 1. The van der Waals surface area contributed by atoms with Crippen LogP contribution in [-0.2, 0) is 13.1 Å². The van der Waals surface area contributed by atoms with Gasteiger partial charge in [-0.05, 0) is 55.3 Å². The minimum Gasteiger partial charge on any atom is -0.321 e. The van der Waals surface area contributed by atoms with Crippen LogP contribution in [0.1, 0.15) is 22.3 Å². The van der Waals surface area contributed by atoms with E-state index in [1.54, 1.807) is 0 Å². The van der Waals surface area contributed by atoms with Gasteiger partial charge in [0, 0.05) is 45.0 Å². The first-order valence-corrected chi connectivity index (χ1v) is 9.15. The molecule has 4 nitrogen and oxygen atoms in total. The van der Waals surface area contributed by atoms with E-state index in [0.29, 0.717) is 0 Å². The fourth-order valence-electron chi connectivity index (χ4n) is 3.32. The van der Waals surface area contributed by atoms with Gasteiger partial charge in [-0.2, -0.15) is 0 Å². The molecule has 0 unspecified atom stereocenters. The number of nitrogens with one attached hydrogen (secondary N) is 2. The molecule has 25 heavy (non-hydrogen) atoms. The molecule has 1 aliphatic heterocycles. The van der Waals surface area contributed by atoms with Crippen LogP contribution in [0.4, 0.5) is 5.69 Å². The number of nitrogens with zero attached hydrogens (tertiary/aromatic N) is 2. The van der Waals surface area contributed by atoms with Gasteiger partial charge in [-0.25, -0.2) is 5.43 Å². The predicted octanol–water partition coefficient (Wildman–Crippen LogP) is 3.17. The highest BCUT2D eigenvalue weighted by Gasteiger charge is 2.15. The van der Waals surface area contributed by atoms with Crippen LogP contribution in [0, 0.1) is 13.8 Å². The van der Waals surface area contributed by atoms with Gasteiger partial charge in [-0.1, -0.05) is 30.3 Å². The van der Waals surface area contributed by atoms with E-state index < -0.39 is 0 Å². The van der Waals surface area contributed by atoms with Gasteiger partial charge < -0.3 is 10.3 Å². The lowest BCUT2D eigenvalue weighted by Crippen LogP contribution is -2.44. The number of likely N-dealkylation sites (N-methyl/N-ethyl adjacent to an activating group) is 1. The summed E-state index contributed by atoms with van der Waals surface area (Å²) in [5, 5.41) is 0. The number of benzene rings is 2. The fraction of sp³-hybridized carbons (Fsp3) is 0.429. The third kappa shape index (κ3) is 5.05. The highest BCUT2D eigenvalue weighted by atomic mass is 15.3. The molecule has 4 heteroatoms. The first-order chi connectivity index (χ1) is 12.1. The predicted molar refractivity (Wildman–Crippen MR) is 106 cm³/mol. The van der Waals surface area contributed by atoms with E-state index in [9.17, 15) is 0 Å². The van der Waals surface area contributed by atoms with E-state index in [1.165, 1.54) is 35.3 Å². The Labute approximate surface area is 151 Å². The van der Waals surface area contributed by atoms with E-state index in [-0.39, 0.29) is 0 Å². The molecule has 2 aromatic rings. The smallest absolute Gasteiger partial charge is 0.0487 e. The summed E-state index contributed by atoms with van der Waals surface area (Å²) in [6.45, 7) is 11.0. The maximum absolute atomic E-state index is 3.34. The van der Waals surface area contributed by atoms with Crippen LogP contribution in [0.3, 0.4) is 0 Å². The van der Waals surface area contributed by atoms with E-state index in [1.807, 2.05) is 18.2 Å². The lowest BCUT2D eigenvalue weighted by Gasteiger charge is -2.32. The van der Waals surface area contributed by atoms with Crippen LogP contribution in [0.5, 0.6) is 0 Å². The molecule has 0 amide bonds. The molecule has 0 aliphatic carbocycles. The van der Waals surface area contributed by atoms with Gasteiger partial charge >= 0.3 is 0 Å². The summed E-state index contributed by atoms with van der Waals surface area (Å²) in [5.74, 6) is 0. The number of anilines is 1. The second kappa shape index (κ2) is 8.48. The Morgan fingerprint density at radius 1 is 0.880 bits per heavy atom. The van der Waals surface area contributed by atoms with Gasteiger partial charge in [-0.3, -0.25) is 4.90 Å². The molecular weight excluding hydrogens is 308 g/mol. The first kappa shape index (κ1) is 17.9. The van der Waals surface area contributed by atoms with Crippen molar-refractivity contribution in [3.63, 3.8) is 0 Å². The molecule has 1 heterocycles. The summed E-state index contributed by atoms with van der Waals surface area (Å²) in [5.41, 5.74) is 13.3. The van der Waals surface area contributed by atoms with Crippen LogP contribution < -0.4 is 10.9 Å². The summed E-state index contributed by atoms with van der Waals surface area (Å²) in [6, 6.07) is 14.9. The Bertz CT molecular complexity index is 676. The third-order valence-corrected chi connectivity index (χ3v) is 5.07. The van der Waals surface area contributed by atoms with Crippen molar-refractivity contribution in [2.75, 3.05) is 38.7 Å². The van der Waals surface area contributed by atoms with Crippen molar-refractivity contribution in [1.82, 2.24) is 15.2 Å². The van der Waals surface area contributed by atoms with Crippen molar-refractivity contribution in [1.29, 1.82) is 0 Å². The normalized spacial score (nSPS) is 16.1. The monoisotopic (exact) mass is 338 g/mol. The van der Waals surface area contributed by atoms with E-state index >= 15 is 0 Å². The molecule has 0 spiro atoms. The summed E-state index contributed by atoms with van der Waals surface area (Å²) in [7, 11) is 2.21. The minimum absolute atomic E-state index is 0.816. The van der Waals surface area contributed by atoms with Gasteiger partial charge in [0.2, 0.25) is 0 Å². The number of aryl methyl sites for hydroxylation is 2. The molecule has 0 radical (unpaired) electrons. The summed E-state index contributed by atoms with van der Waals surface area (Å²) < 4.78 is 0. The Hall–Kier alpha value is -1.88.